The van der Waals surface area contributed by atoms with Crippen LogP contribution in [-0.4, -0.2) is 32.1 Å². The normalized spacial score (nSPS) is 25.0. The smallest absolute Gasteiger partial charge is 0.291 e. The highest BCUT2D eigenvalue weighted by molar-refractivity contribution is 6.04. The predicted molar refractivity (Wildman–Crippen MR) is 114 cm³/mol. The van der Waals surface area contributed by atoms with Crippen LogP contribution in [0.15, 0.2) is 9.32 Å². The molecule has 1 aliphatic heterocycles. The minimum absolute atomic E-state index is 0.0394. The summed E-state index contributed by atoms with van der Waals surface area (Å²) in [5.41, 5.74) is 1.19. The fourth-order valence-electron chi connectivity index (χ4n) is 4.75. The van der Waals surface area contributed by atoms with Gasteiger partial charge in [-0.25, -0.2) is 4.68 Å². The van der Waals surface area contributed by atoms with E-state index in [1.54, 1.807) is 11.6 Å². The maximum absolute atomic E-state index is 13.1. The Kier molecular flexibility index (Phi) is 5.83. The third-order valence-corrected chi connectivity index (χ3v) is 6.83. The molecule has 3 heterocycles. The number of amides is 1. The molecule has 2 fully saturated rings. The first-order valence-electron chi connectivity index (χ1n) is 11.2. The molecule has 2 N–H and O–H groups in total. The van der Waals surface area contributed by atoms with E-state index in [2.05, 4.69) is 10.5 Å². The number of carbonyl (C=O) groups is 1. The van der Waals surface area contributed by atoms with Gasteiger partial charge in [-0.1, -0.05) is 31.3 Å². The number of anilines is 1. The summed E-state index contributed by atoms with van der Waals surface area (Å²) in [7, 11) is 1.84. The van der Waals surface area contributed by atoms with Gasteiger partial charge in [0.15, 0.2) is 11.5 Å². The van der Waals surface area contributed by atoms with Gasteiger partial charge in [-0.2, -0.15) is 0 Å². The predicted octanol–water partition coefficient (Wildman–Crippen LogP) is 3.14. The lowest BCUT2D eigenvalue weighted by atomic mass is 9.94. The van der Waals surface area contributed by atoms with Crippen molar-refractivity contribution in [2.75, 3.05) is 11.9 Å². The van der Waals surface area contributed by atoms with Crippen LogP contribution in [-0.2, 0) is 17.6 Å². The van der Waals surface area contributed by atoms with Crippen molar-refractivity contribution in [3.8, 4) is 0 Å². The molecular formula is C22H32N4O5. The second-order valence-corrected chi connectivity index (χ2v) is 9.10. The summed E-state index contributed by atoms with van der Waals surface area (Å²) in [5.74, 6) is -1.63. The SMILES string of the molecule is Cc1c(C(=O)Nc2c(C)n(C)n(C3CCCCC3)c2=O)noc1[C@@]1(O)CC[C@@H](C)CO1. The van der Waals surface area contributed by atoms with Gasteiger partial charge < -0.3 is 19.7 Å². The molecule has 170 valence electrons. The summed E-state index contributed by atoms with van der Waals surface area (Å²) < 4.78 is 14.5. The van der Waals surface area contributed by atoms with Gasteiger partial charge >= 0.3 is 0 Å². The van der Waals surface area contributed by atoms with Crippen LogP contribution >= 0.6 is 0 Å². The van der Waals surface area contributed by atoms with Gasteiger partial charge in [0.05, 0.1) is 18.3 Å². The van der Waals surface area contributed by atoms with Crippen molar-refractivity contribution in [3.63, 3.8) is 0 Å². The minimum atomic E-state index is -1.58. The Labute approximate surface area is 181 Å². The number of hydrogen-bond donors (Lipinski definition) is 2. The number of ether oxygens (including phenoxy) is 1. The molecule has 4 rings (SSSR count). The van der Waals surface area contributed by atoms with Gasteiger partial charge in [0.2, 0.25) is 5.79 Å². The third-order valence-electron chi connectivity index (χ3n) is 6.83. The van der Waals surface area contributed by atoms with Crippen LogP contribution in [0.4, 0.5) is 5.69 Å². The van der Waals surface area contributed by atoms with Crippen molar-refractivity contribution in [2.24, 2.45) is 13.0 Å². The van der Waals surface area contributed by atoms with Crippen molar-refractivity contribution in [3.05, 3.63) is 33.1 Å². The number of rotatable bonds is 4. The van der Waals surface area contributed by atoms with E-state index in [4.69, 9.17) is 9.26 Å². The Balaban J connectivity index is 1.58. The van der Waals surface area contributed by atoms with Gasteiger partial charge in [0.25, 0.3) is 11.5 Å². The second kappa shape index (κ2) is 8.27. The van der Waals surface area contributed by atoms with E-state index in [0.29, 0.717) is 30.2 Å². The van der Waals surface area contributed by atoms with Crippen molar-refractivity contribution in [1.29, 1.82) is 0 Å². The Morgan fingerprint density at radius 3 is 2.58 bits per heavy atom. The topological polar surface area (TPSA) is 112 Å². The van der Waals surface area contributed by atoms with Crippen molar-refractivity contribution in [1.82, 2.24) is 14.5 Å². The maximum Gasteiger partial charge on any atom is 0.291 e. The molecule has 0 unspecified atom stereocenters. The molecule has 1 saturated carbocycles. The first-order valence-corrected chi connectivity index (χ1v) is 11.2. The fourth-order valence-corrected chi connectivity index (χ4v) is 4.75. The summed E-state index contributed by atoms with van der Waals surface area (Å²) in [4.78, 5) is 26.1. The number of nitrogens with one attached hydrogen (secondary N) is 1. The molecule has 2 aromatic rings. The van der Waals surface area contributed by atoms with E-state index in [1.165, 1.54) is 6.42 Å². The molecule has 2 atom stereocenters. The van der Waals surface area contributed by atoms with Crippen LogP contribution in [0.2, 0.25) is 0 Å². The number of aromatic nitrogens is 3. The van der Waals surface area contributed by atoms with Crippen LogP contribution in [0.3, 0.4) is 0 Å². The average Bonchev–Trinajstić information content (AvgIpc) is 3.25. The van der Waals surface area contributed by atoms with Crippen LogP contribution in [0.1, 0.15) is 85.4 Å². The monoisotopic (exact) mass is 432 g/mol. The molecule has 9 nitrogen and oxygen atoms in total. The zero-order valence-electron chi connectivity index (χ0n) is 18.7. The zero-order valence-corrected chi connectivity index (χ0v) is 18.7. The molecule has 2 aliphatic rings. The van der Waals surface area contributed by atoms with E-state index in [0.717, 1.165) is 32.1 Å². The van der Waals surface area contributed by atoms with E-state index in [9.17, 15) is 14.7 Å². The second-order valence-electron chi connectivity index (χ2n) is 9.10. The minimum Gasteiger partial charge on any atom is -0.359 e. The number of carbonyl (C=O) groups excluding carboxylic acids is 1. The zero-order chi connectivity index (χ0) is 22.3. The molecule has 1 saturated heterocycles. The van der Waals surface area contributed by atoms with Crippen LogP contribution in [0.5, 0.6) is 0 Å². The molecule has 31 heavy (non-hydrogen) atoms. The molecule has 0 bridgehead atoms. The number of aliphatic hydroxyl groups is 1. The van der Waals surface area contributed by atoms with Crippen LogP contribution in [0.25, 0.3) is 0 Å². The first-order chi connectivity index (χ1) is 14.7. The van der Waals surface area contributed by atoms with Gasteiger partial charge in [-0.15, -0.1) is 0 Å². The number of nitrogens with zero attached hydrogens (tertiary/aromatic N) is 3. The third kappa shape index (κ3) is 3.85. The maximum atomic E-state index is 13.1. The Morgan fingerprint density at radius 1 is 1.23 bits per heavy atom. The van der Waals surface area contributed by atoms with E-state index >= 15 is 0 Å². The molecule has 9 heteroatoms. The van der Waals surface area contributed by atoms with Gasteiger partial charge in [-0.05, 0) is 39.0 Å². The Bertz CT molecular complexity index is 1020. The van der Waals surface area contributed by atoms with Crippen molar-refractivity contribution < 1.29 is 19.2 Å². The Morgan fingerprint density at radius 2 is 1.94 bits per heavy atom. The van der Waals surface area contributed by atoms with Crippen molar-refractivity contribution >= 4 is 11.6 Å². The standard InChI is InChI=1S/C22H32N4O5/c1-13-10-11-22(29,30-12-13)19-14(2)17(24-31-19)20(27)23-18-15(3)25(4)26(21(18)28)16-8-6-5-7-9-16/h13,16,29H,5-12H2,1-4H3,(H,23,27)/t13-,22-/m1/s1. The summed E-state index contributed by atoms with van der Waals surface area (Å²) in [6, 6.07) is 0.149. The molecule has 1 aliphatic carbocycles. The van der Waals surface area contributed by atoms with Crippen LogP contribution in [0, 0.1) is 19.8 Å². The summed E-state index contributed by atoms with van der Waals surface area (Å²) in [6.07, 6.45) is 6.49. The van der Waals surface area contributed by atoms with Crippen LogP contribution < -0.4 is 10.9 Å². The van der Waals surface area contributed by atoms with Gasteiger partial charge in [0, 0.05) is 19.0 Å². The van der Waals surface area contributed by atoms with Crippen molar-refractivity contribution in [2.45, 2.75) is 77.5 Å². The molecular weight excluding hydrogens is 400 g/mol. The first kappa shape index (κ1) is 21.8. The molecule has 2 aromatic heterocycles. The highest BCUT2D eigenvalue weighted by Crippen LogP contribution is 2.37. The van der Waals surface area contributed by atoms with Gasteiger partial charge in [-0.3, -0.25) is 14.3 Å². The number of hydrogen-bond acceptors (Lipinski definition) is 6. The summed E-state index contributed by atoms with van der Waals surface area (Å²) in [6.45, 7) is 5.94. The lowest BCUT2D eigenvalue weighted by molar-refractivity contribution is -0.255. The molecule has 0 aromatic carbocycles. The lowest BCUT2D eigenvalue weighted by Gasteiger charge is -2.33. The average molecular weight is 433 g/mol. The summed E-state index contributed by atoms with van der Waals surface area (Å²) in [5, 5.41) is 17.5. The Hall–Kier alpha value is -2.39. The molecule has 0 radical (unpaired) electrons. The quantitative estimate of drug-likeness (QED) is 0.768. The molecule has 0 spiro atoms. The molecule has 1 amide bonds. The summed E-state index contributed by atoms with van der Waals surface area (Å²) >= 11 is 0. The largest absolute Gasteiger partial charge is 0.359 e. The van der Waals surface area contributed by atoms with Gasteiger partial charge in [0.1, 0.15) is 5.69 Å². The highest BCUT2D eigenvalue weighted by Gasteiger charge is 2.41. The lowest BCUT2D eigenvalue weighted by Crippen LogP contribution is -2.36. The van der Waals surface area contributed by atoms with E-state index in [-0.39, 0.29) is 28.7 Å². The van der Waals surface area contributed by atoms with E-state index in [1.807, 2.05) is 25.6 Å². The fraction of sp³-hybridized carbons (Fsp3) is 0.682. The highest BCUT2D eigenvalue weighted by atomic mass is 16.6. The van der Waals surface area contributed by atoms with E-state index < -0.39 is 11.7 Å².